The molecule has 2 fully saturated rings. The zero-order valence-electron chi connectivity index (χ0n) is 10.7. The molecular formula is C13H26N2O. The monoisotopic (exact) mass is 226 g/mol. The van der Waals surface area contributed by atoms with Gasteiger partial charge in [0, 0.05) is 19.2 Å². The first-order chi connectivity index (χ1) is 7.81. The van der Waals surface area contributed by atoms with Crippen LogP contribution in [0.15, 0.2) is 0 Å². The van der Waals surface area contributed by atoms with E-state index in [9.17, 15) is 0 Å². The molecule has 2 saturated heterocycles. The van der Waals surface area contributed by atoms with Crippen LogP contribution >= 0.6 is 0 Å². The van der Waals surface area contributed by atoms with E-state index in [0.717, 1.165) is 25.0 Å². The zero-order valence-corrected chi connectivity index (χ0v) is 10.7. The van der Waals surface area contributed by atoms with Gasteiger partial charge in [0.25, 0.3) is 0 Å². The van der Waals surface area contributed by atoms with Gasteiger partial charge in [0.2, 0.25) is 0 Å². The molecule has 1 N–H and O–H groups in total. The Labute approximate surface area is 99.5 Å². The van der Waals surface area contributed by atoms with Crippen LogP contribution in [-0.4, -0.2) is 50.8 Å². The molecule has 3 nitrogen and oxygen atoms in total. The molecule has 0 radical (unpaired) electrons. The van der Waals surface area contributed by atoms with Gasteiger partial charge in [0.15, 0.2) is 0 Å². The maximum Gasteiger partial charge on any atom is 0.0509 e. The Morgan fingerprint density at radius 2 is 2.31 bits per heavy atom. The highest BCUT2D eigenvalue weighted by Crippen LogP contribution is 2.25. The molecule has 0 amide bonds. The Morgan fingerprint density at radius 1 is 1.44 bits per heavy atom. The van der Waals surface area contributed by atoms with Crippen LogP contribution in [-0.2, 0) is 4.74 Å². The average molecular weight is 226 g/mol. The number of nitrogens with zero attached hydrogens (tertiary/aromatic N) is 1. The van der Waals surface area contributed by atoms with E-state index in [1.165, 1.54) is 38.9 Å². The van der Waals surface area contributed by atoms with Crippen molar-refractivity contribution in [2.45, 2.75) is 32.2 Å². The molecule has 3 atom stereocenters. The predicted molar refractivity (Wildman–Crippen MR) is 66.6 cm³/mol. The summed E-state index contributed by atoms with van der Waals surface area (Å²) in [7, 11) is 2.06. The summed E-state index contributed by atoms with van der Waals surface area (Å²) in [6.07, 6.45) is 4.02. The highest BCUT2D eigenvalue weighted by atomic mass is 16.5. The Balaban J connectivity index is 1.82. The first kappa shape index (κ1) is 12.3. The van der Waals surface area contributed by atoms with Gasteiger partial charge < -0.3 is 10.1 Å². The van der Waals surface area contributed by atoms with Gasteiger partial charge >= 0.3 is 0 Å². The molecule has 16 heavy (non-hydrogen) atoms. The molecule has 2 aliphatic rings. The molecular weight excluding hydrogens is 200 g/mol. The van der Waals surface area contributed by atoms with E-state index in [1.54, 1.807) is 0 Å². The van der Waals surface area contributed by atoms with Crippen LogP contribution in [0.5, 0.6) is 0 Å². The van der Waals surface area contributed by atoms with Crippen molar-refractivity contribution in [1.29, 1.82) is 0 Å². The Morgan fingerprint density at radius 3 is 3.00 bits per heavy atom. The second-order valence-electron chi connectivity index (χ2n) is 5.43. The summed E-state index contributed by atoms with van der Waals surface area (Å²) in [6.45, 7) is 8.08. The minimum absolute atomic E-state index is 0.710. The van der Waals surface area contributed by atoms with Crippen LogP contribution in [0.3, 0.4) is 0 Å². The van der Waals surface area contributed by atoms with Crippen LogP contribution in [0.4, 0.5) is 0 Å². The lowest BCUT2D eigenvalue weighted by atomic mass is 9.92. The van der Waals surface area contributed by atoms with Gasteiger partial charge in [-0.1, -0.05) is 0 Å². The van der Waals surface area contributed by atoms with Crippen LogP contribution in [0.1, 0.15) is 26.2 Å². The van der Waals surface area contributed by atoms with Crippen molar-refractivity contribution in [3.8, 4) is 0 Å². The van der Waals surface area contributed by atoms with Gasteiger partial charge in [-0.15, -0.1) is 0 Å². The standard InChI is InChI=1S/C13H26N2O/c1-11(13-5-7-16-10-13)15-6-3-4-12(9-15)8-14-2/h11-14H,3-10H2,1-2H3. The van der Waals surface area contributed by atoms with Crippen LogP contribution in [0, 0.1) is 11.8 Å². The molecule has 2 aliphatic heterocycles. The average Bonchev–Trinajstić information content (AvgIpc) is 2.82. The normalized spacial score (nSPS) is 34.1. The van der Waals surface area contributed by atoms with Gasteiger partial charge in [-0.2, -0.15) is 0 Å². The summed E-state index contributed by atoms with van der Waals surface area (Å²) in [6, 6.07) is 0.710. The number of likely N-dealkylation sites (tertiary alicyclic amines) is 1. The minimum Gasteiger partial charge on any atom is -0.381 e. The Kier molecular flexibility index (Phi) is 4.62. The molecule has 2 rings (SSSR count). The lowest BCUT2D eigenvalue weighted by molar-refractivity contribution is 0.0871. The van der Waals surface area contributed by atoms with Crippen LogP contribution in [0.2, 0.25) is 0 Å². The van der Waals surface area contributed by atoms with Crippen molar-refractivity contribution < 1.29 is 4.74 Å². The predicted octanol–water partition coefficient (Wildman–Crippen LogP) is 1.34. The second-order valence-corrected chi connectivity index (χ2v) is 5.43. The molecule has 3 heteroatoms. The zero-order chi connectivity index (χ0) is 11.4. The molecule has 0 aromatic carbocycles. The molecule has 2 heterocycles. The van der Waals surface area contributed by atoms with Gasteiger partial charge in [0.1, 0.15) is 0 Å². The minimum atomic E-state index is 0.710. The largest absolute Gasteiger partial charge is 0.381 e. The number of hydrogen-bond donors (Lipinski definition) is 1. The fraction of sp³-hybridized carbons (Fsp3) is 1.00. The van der Waals surface area contributed by atoms with E-state index in [4.69, 9.17) is 4.74 Å². The third kappa shape index (κ3) is 2.96. The lowest BCUT2D eigenvalue weighted by Gasteiger charge is -2.39. The maximum absolute atomic E-state index is 5.50. The van der Waals surface area contributed by atoms with Crippen molar-refractivity contribution >= 4 is 0 Å². The van der Waals surface area contributed by atoms with Crippen molar-refractivity contribution in [2.24, 2.45) is 11.8 Å². The first-order valence-corrected chi connectivity index (χ1v) is 6.77. The summed E-state index contributed by atoms with van der Waals surface area (Å²) in [4.78, 5) is 2.69. The van der Waals surface area contributed by atoms with Gasteiger partial charge in [-0.25, -0.2) is 0 Å². The summed E-state index contributed by atoms with van der Waals surface area (Å²) < 4.78 is 5.50. The van der Waals surface area contributed by atoms with Crippen LogP contribution < -0.4 is 5.32 Å². The molecule has 0 aliphatic carbocycles. The Bertz CT molecular complexity index is 202. The van der Waals surface area contributed by atoms with E-state index in [1.807, 2.05) is 0 Å². The number of rotatable bonds is 4. The number of piperidine rings is 1. The molecule has 0 aromatic heterocycles. The highest BCUT2D eigenvalue weighted by molar-refractivity contribution is 4.83. The molecule has 0 aromatic rings. The van der Waals surface area contributed by atoms with Crippen LogP contribution in [0.25, 0.3) is 0 Å². The number of ether oxygens (including phenoxy) is 1. The van der Waals surface area contributed by atoms with Gasteiger partial charge in [-0.05, 0) is 58.2 Å². The fourth-order valence-corrected chi connectivity index (χ4v) is 3.15. The third-order valence-corrected chi connectivity index (χ3v) is 4.27. The summed E-state index contributed by atoms with van der Waals surface area (Å²) >= 11 is 0. The first-order valence-electron chi connectivity index (χ1n) is 6.77. The van der Waals surface area contributed by atoms with Crippen molar-refractivity contribution in [3.05, 3.63) is 0 Å². The Hall–Kier alpha value is -0.120. The van der Waals surface area contributed by atoms with E-state index < -0.39 is 0 Å². The van der Waals surface area contributed by atoms with Crippen molar-refractivity contribution in [1.82, 2.24) is 10.2 Å². The summed E-state index contributed by atoms with van der Waals surface area (Å²) in [5, 5.41) is 3.32. The van der Waals surface area contributed by atoms with Gasteiger partial charge in [0.05, 0.1) is 6.61 Å². The summed E-state index contributed by atoms with van der Waals surface area (Å²) in [5.41, 5.74) is 0. The number of nitrogens with one attached hydrogen (secondary N) is 1. The lowest BCUT2D eigenvalue weighted by Crippen LogP contribution is -2.46. The third-order valence-electron chi connectivity index (χ3n) is 4.27. The molecule has 0 saturated carbocycles. The summed E-state index contributed by atoms with van der Waals surface area (Å²) in [5.74, 6) is 1.62. The second kappa shape index (κ2) is 5.99. The van der Waals surface area contributed by atoms with E-state index in [0.29, 0.717) is 6.04 Å². The van der Waals surface area contributed by atoms with E-state index in [2.05, 4.69) is 24.2 Å². The fourth-order valence-electron chi connectivity index (χ4n) is 3.15. The molecule has 3 unspecified atom stereocenters. The molecule has 0 spiro atoms. The topological polar surface area (TPSA) is 24.5 Å². The number of hydrogen-bond acceptors (Lipinski definition) is 3. The molecule has 94 valence electrons. The van der Waals surface area contributed by atoms with Crippen molar-refractivity contribution in [2.75, 3.05) is 39.9 Å². The highest BCUT2D eigenvalue weighted by Gasteiger charge is 2.30. The van der Waals surface area contributed by atoms with Gasteiger partial charge in [-0.3, -0.25) is 4.90 Å². The molecule has 0 bridgehead atoms. The smallest absolute Gasteiger partial charge is 0.0509 e. The van der Waals surface area contributed by atoms with E-state index in [-0.39, 0.29) is 0 Å². The van der Waals surface area contributed by atoms with E-state index >= 15 is 0 Å². The maximum atomic E-state index is 5.50. The quantitative estimate of drug-likeness (QED) is 0.783. The SMILES string of the molecule is CNCC1CCCN(C(C)C2CCOC2)C1. The van der Waals surface area contributed by atoms with Crippen molar-refractivity contribution in [3.63, 3.8) is 0 Å².